The lowest BCUT2D eigenvalue weighted by Gasteiger charge is -2.37. The molecule has 0 aliphatic carbocycles. The molecule has 1 amide bonds. The minimum Gasteiger partial charge on any atom is -0.466 e. The first-order chi connectivity index (χ1) is 16.8. The van der Waals surface area contributed by atoms with Gasteiger partial charge in [0.2, 0.25) is 5.91 Å². The van der Waals surface area contributed by atoms with E-state index in [2.05, 4.69) is 32.0 Å². The molecule has 2 aliphatic heterocycles. The fourth-order valence-corrected chi connectivity index (χ4v) is 5.51. The van der Waals surface area contributed by atoms with Gasteiger partial charge < -0.3 is 14.5 Å². The van der Waals surface area contributed by atoms with Crippen LogP contribution in [0.25, 0.3) is 0 Å². The molecule has 2 aromatic rings. The van der Waals surface area contributed by atoms with Crippen LogP contribution in [0.1, 0.15) is 48.1 Å². The Bertz CT molecular complexity index is 1230. The van der Waals surface area contributed by atoms with Crippen LogP contribution in [-0.2, 0) is 20.9 Å². The molecule has 0 bridgehead atoms. The molecule has 2 aromatic carbocycles. The topological polar surface area (TPSA) is 62.2 Å². The third-order valence-corrected chi connectivity index (χ3v) is 7.26. The normalized spacial score (nSPS) is 17.1. The van der Waals surface area contributed by atoms with Gasteiger partial charge in [0.15, 0.2) is 5.17 Å². The predicted molar refractivity (Wildman–Crippen MR) is 140 cm³/mol. The smallest absolute Gasteiger partial charge is 0.338 e. The third kappa shape index (κ3) is 5.05. The molecule has 0 spiro atoms. The van der Waals surface area contributed by atoms with E-state index < -0.39 is 12.0 Å². The highest BCUT2D eigenvalue weighted by atomic mass is 32.2. The second-order valence-corrected chi connectivity index (χ2v) is 9.71. The van der Waals surface area contributed by atoms with Crippen LogP contribution in [0.5, 0.6) is 0 Å². The van der Waals surface area contributed by atoms with E-state index in [9.17, 15) is 9.59 Å². The number of hydrogen-bond donors (Lipinski definition) is 0. The molecule has 0 fully saturated rings. The molecule has 35 heavy (non-hydrogen) atoms. The van der Waals surface area contributed by atoms with Crippen LogP contribution in [0.2, 0.25) is 0 Å². The van der Waals surface area contributed by atoms with Gasteiger partial charge in [-0.1, -0.05) is 72.8 Å². The van der Waals surface area contributed by atoms with Crippen LogP contribution in [0.15, 0.2) is 75.9 Å². The second kappa shape index (κ2) is 10.5. The van der Waals surface area contributed by atoms with Crippen LogP contribution < -0.4 is 0 Å². The molecule has 0 saturated heterocycles. The zero-order chi connectivity index (χ0) is 25.1. The first-order valence-electron chi connectivity index (χ1n) is 11.7. The van der Waals surface area contributed by atoms with Gasteiger partial charge in [-0.05, 0) is 42.4 Å². The number of nitrogens with zero attached hydrogens (tertiary/aromatic N) is 3. The average Bonchev–Trinajstić information content (AvgIpc) is 3.25. The minimum atomic E-state index is -0.404. The summed E-state index contributed by atoms with van der Waals surface area (Å²) < 4.78 is 5.21. The number of amides is 1. The molecule has 0 radical (unpaired) electrons. The van der Waals surface area contributed by atoms with Crippen molar-refractivity contribution in [3.05, 3.63) is 93.2 Å². The molecule has 0 saturated carbocycles. The summed E-state index contributed by atoms with van der Waals surface area (Å²) in [5.74, 6) is -0.385. The molecule has 1 unspecified atom stereocenters. The number of hydrogen-bond acceptors (Lipinski definition) is 6. The standard InChI is InChI=1S/C28H31N3O3S/c1-6-23-25(27(33)34-5)26(22-13-12-18(2)14-19(22)3)31-21(17-35-28(31)29-23)15-24(32)30(4)16-20-10-8-7-9-11-20/h7-14,17,26H,6,15-16H2,1-5H3. The van der Waals surface area contributed by atoms with E-state index >= 15 is 0 Å². The van der Waals surface area contributed by atoms with Crippen molar-refractivity contribution < 1.29 is 14.3 Å². The zero-order valence-electron chi connectivity index (χ0n) is 20.9. The van der Waals surface area contributed by atoms with Crippen molar-refractivity contribution in [3.8, 4) is 0 Å². The highest BCUT2D eigenvalue weighted by Gasteiger charge is 2.42. The van der Waals surface area contributed by atoms with Gasteiger partial charge in [0, 0.05) is 19.3 Å². The number of methoxy groups -OCH3 is 1. The van der Waals surface area contributed by atoms with Crippen molar-refractivity contribution in [1.82, 2.24) is 9.80 Å². The Balaban J connectivity index is 1.69. The van der Waals surface area contributed by atoms with Gasteiger partial charge in [0.1, 0.15) is 0 Å². The van der Waals surface area contributed by atoms with E-state index in [1.807, 2.05) is 54.6 Å². The fraction of sp³-hybridized carbons (Fsp3) is 0.321. The van der Waals surface area contributed by atoms with Gasteiger partial charge in [-0.2, -0.15) is 0 Å². The lowest BCUT2D eigenvalue weighted by atomic mass is 9.89. The van der Waals surface area contributed by atoms with Crippen molar-refractivity contribution in [2.75, 3.05) is 14.2 Å². The van der Waals surface area contributed by atoms with Gasteiger partial charge in [-0.15, -0.1) is 0 Å². The highest BCUT2D eigenvalue weighted by molar-refractivity contribution is 8.16. The van der Waals surface area contributed by atoms with Crippen molar-refractivity contribution in [2.45, 2.75) is 46.2 Å². The van der Waals surface area contributed by atoms with E-state index in [-0.39, 0.29) is 12.3 Å². The Morgan fingerprint density at radius 1 is 1.14 bits per heavy atom. The van der Waals surface area contributed by atoms with Crippen molar-refractivity contribution in [3.63, 3.8) is 0 Å². The van der Waals surface area contributed by atoms with E-state index in [0.717, 1.165) is 38.8 Å². The Kier molecular flexibility index (Phi) is 7.45. The number of esters is 1. The van der Waals surface area contributed by atoms with Crippen molar-refractivity contribution in [1.29, 1.82) is 0 Å². The number of aliphatic imine (C=N–C) groups is 1. The first-order valence-corrected chi connectivity index (χ1v) is 12.6. The SMILES string of the molecule is CCC1=C(C(=O)OC)C(c2ccc(C)cc2C)N2C(CC(=O)N(C)Cc3ccccc3)=CSC2=N1. The second-order valence-electron chi connectivity index (χ2n) is 8.87. The lowest BCUT2D eigenvalue weighted by molar-refractivity contribution is -0.136. The number of ether oxygens (including phenoxy) is 1. The van der Waals surface area contributed by atoms with Crippen molar-refractivity contribution in [2.24, 2.45) is 4.99 Å². The molecule has 1 atom stereocenters. The summed E-state index contributed by atoms with van der Waals surface area (Å²) in [6.07, 6.45) is 0.824. The highest BCUT2D eigenvalue weighted by Crippen LogP contribution is 2.46. The van der Waals surface area contributed by atoms with E-state index in [0.29, 0.717) is 18.5 Å². The maximum Gasteiger partial charge on any atom is 0.338 e. The maximum atomic E-state index is 13.2. The first kappa shape index (κ1) is 24.8. The summed E-state index contributed by atoms with van der Waals surface area (Å²) in [6, 6.07) is 15.8. The van der Waals surface area contributed by atoms with Crippen LogP contribution >= 0.6 is 11.8 Å². The number of amidine groups is 1. The summed E-state index contributed by atoms with van der Waals surface area (Å²) >= 11 is 1.50. The molecule has 2 heterocycles. The summed E-state index contributed by atoms with van der Waals surface area (Å²) in [5, 5.41) is 2.77. The number of aryl methyl sites for hydroxylation is 2. The van der Waals surface area contributed by atoms with E-state index in [4.69, 9.17) is 9.73 Å². The van der Waals surface area contributed by atoms with Crippen LogP contribution in [-0.4, -0.2) is 41.0 Å². The van der Waals surface area contributed by atoms with Crippen LogP contribution in [0, 0.1) is 13.8 Å². The number of fused-ring (bicyclic) bond motifs is 1. The predicted octanol–water partition coefficient (Wildman–Crippen LogP) is 5.49. The molecule has 182 valence electrons. The van der Waals surface area contributed by atoms with Gasteiger partial charge >= 0.3 is 5.97 Å². The third-order valence-electron chi connectivity index (χ3n) is 6.37. The number of rotatable bonds is 7. The van der Waals surface area contributed by atoms with E-state index in [1.165, 1.54) is 18.9 Å². The zero-order valence-corrected chi connectivity index (χ0v) is 21.7. The Hall–Kier alpha value is -3.32. The molecule has 4 rings (SSSR count). The Morgan fingerprint density at radius 3 is 2.54 bits per heavy atom. The number of carbonyl (C=O) groups is 2. The van der Waals surface area contributed by atoms with Gasteiger partial charge in [-0.3, -0.25) is 4.79 Å². The van der Waals surface area contributed by atoms with Gasteiger partial charge in [0.25, 0.3) is 0 Å². The fourth-order valence-electron chi connectivity index (χ4n) is 4.57. The summed E-state index contributed by atoms with van der Waals surface area (Å²) in [7, 11) is 3.22. The molecule has 2 aliphatic rings. The largest absolute Gasteiger partial charge is 0.466 e. The number of thioether (sulfide) groups is 1. The molecule has 0 N–H and O–H groups in total. The van der Waals surface area contributed by atoms with Crippen LogP contribution in [0.4, 0.5) is 0 Å². The molecule has 7 heteroatoms. The number of carbonyl (C=O) groups excluding carboxylic acids is 2. The lowest BCUT2D eigenvalue weighted by Crippen LogP contribution is -2.38. The molecular weight excluding hydrogens is 458 g/mol. The monoisotopic (exact) mass is 489 g/mol. The Labute approximate surface area is 211 Å². The minimum absolute atomic E-state index is 0.00576. The Morgan fingerprint density at radius 2 is 1.89 bits per heavy atom. The van der Waals surface area contributed by atoms with Crippen LogP contribution in [0.3, 0.4) is 0 Å². The van der Waals surface area contributed by atoms with Crippen molar-refractivity contribution >= 4 is 28.8 Å². The van der Waals surface area contributed by atoms with Gasteiger partial charge in [0.05, 0.1) is 30.8 Å². The average molecular weight is 490 g/mol. The number of allylic oxidation sites excluding steroid dienone is 1. The maximum absolute atomic E-state index is 13.2. The summed E-state index contributed by atoms with van der Waals surface area (Å²) in [6.45, 7) is 6.64. The molecular formula is C28H31N3O3S. The number of benzene rings is 2. The molecule has 0 aromatic heterocycles. The summed E-state index contributed by atoms with van der Waals surface area (Å²) in [5.41, 5.74) is 6.41. The van der Waals surface area contributed by atoms with E-state index in [1.54, 1.807) is 4.90 Å². The quantitative estimate of drug-likeness (QED) is 0.481. The molecule has 6 nitrogen and oxygen atoms in total. The summed E-state index contributed by atoms with van der Waals surface area (Å²) in [4.78, 5) is 34.9. The van der Waals surface area contributed by atoms with Gasteiger partial charge in [-0.25, -0.2) is 9.79 Å².